The number of rotatable bonds is 5. The minimum absolute atomic E-state index is 0.0113. The number of nitrogens with one attached hydrogen (secondary N) is 1. The molecule has 138 valence electrons. The van der Waals surface area contributed by atoms with Gasteiger partial charge in [0.15, 0.2) is 5.82 Å². The topological polar surface area (TPSA) is 93.1 Å². The molecule has 2 aromatic rings. The Morgan fingerprint density at radius 3 is 2.65 bits per heavy atom. The van der Waals surface area contributed by atoms with Crippen LogP contribution in [0.4, 0.5) is 11.8 Å². The number of ether oxygens (including phenoxy) is 1. The number of carbonyl (C=O) groups is 1. The second-order valence-electron chi connectivity index (χ2n) is 6.83. The highest BCUT2D eigenvalue weighted by Crippen LogP contribution is 2.27. The predicted molar refractivity (Wildman–Crippen MR) is 97.0 cm³/mol. The van der Waals surface area contributed by atoms with Crippen LogP contribution in [0.25, 0.3) is 0 Å². The largest absolute Gasteiger partial charge is 0.369 e. The lowest BCUT2D eigenvalue weighted by Crippen LogP contribution is -2.49. The Hall–Kier alpha value is -2.61. The van der Waals surface area contributed by atoms with E-state index in [1.165, 1.54) is 0 Å². The maximum absolute atomic E-state index is 12.6. The van der Waals surface area contributed by atoms with Crippen LogP contribution in [0.3, 0.4) is 0 Å². The van der Waals surface area contributed by atoms with Crippen molar-refractivity contribution in [3.05, 3.63) is 36.5 Å². The van der Waals surface area contributed by atoms with Crippen molar-refractivity contribution in [2.45, 2.75) is 38.2 Å². The summed E-state index contributed by atoms with van der Waals surface area (Å²) in [6, 6.07) is 1.75. The monoisotopic (exact) mass is 356 g/mol. The third-order valence-electron chi connectivity index (χ3n) is 4.63. The summed E-state index contributed by atoms with van der Waals surface area (Å²) in [5.41, 5.74) is 0.0778. The molecule has 1 atom stereocenters. The summed E-state index contributed by atoms with van der Waals surface area (Å²) >= 11 is 0. The van der Waals surface area contributed by atoms with Crippen LogP contribution >= 0.6 is 0 Å². The molecule has 1 amide bonds. The molecule has 1 aliphatic rings. The number of methoxy groups -OCH3 is 1. The molecule has 8 nitrogen and oxygen atoms in total. The highest BCUT2D eigenvalue weighted by molar-refractivity contribution is 5.84. The van der Waals surface area contributed by atoms with Crippen molar-refractivity contribution in [2.75, 3.05) is 25.5 Å². The molecule has 0 spiro atoms. The van der Waals surface area contributed by atoms with Crippen LogP contribution < -0.4 is 5.32 Å². The second-order valence-corrected chi connectivity index (χ2v) is 6.83. The molecule has 8 heteroatoms. The summed E-state index contributed by atoms with van der Waals surface area (Å²) in [6.45, 7) is 4.98. The fourth-order valence-corrected chi connectivity index (χ4v) is 2.96. The van der Waals surface area contributed by atoms with Crippen molar-refractivity contribution < 1.29 is 9.53 Å². The van der Waals surface area contributed by atoms with Crippen LogP contribution in [0, 0.1) is 0 Å². The van der Waals surface area contributed by atoms with Gasteiger partial charge in [-0.3, -0.25) is 9.78 Å². The molecule has 0 radical (unpaired) electrons. The van der Waals surface area contributed by atoms with E-state index in [0.29, 0.717) is 18.3 Å². The quantitative estimate of drug-likeness (QED) is 0.877. The molecule has 0 bridgehead atoms. The van der Waals surface area contributed by atoms with Crippen molar-refractivity contribution in [3.63, 3.8) is 0 Å². The summed E-state index contributed by atoms with van der Waals surface area (Å²) in [5.74, 6) is 1.25. The van der Waals surface area contributed by atoms with Crippen molar-refractivity contribution in [2.24, 2.45) is 0 Å². The molecule has 2 aromatic heterocycles. The normalized spacial score (nSPS) is 17.8. The van der Waals surface area contributed by atoms with Crippen molar-refractivity contribution in [1.82, 2.24) is 24.8 Å². The lowest BCUT2D eigenvalue weighted by Gasteiger charge is -2.36. The lowest BCUT2D eigenvalue weighted by atomic mass is 9.93. The Labute approximate surface area is 153 Å². The van der Waals surface area contributed by atoms with Gasteiger partial charge in [0.1, 0.15) is 5.60 Å². The zero-order valence-corrected chi connectivity index (χ0v) is 15.3. The maximum atomic E-state index is 12.6. The Bertz CT molecular complexity index is 735. The van der Waals surface area contributed by atoms with Gasteiger partial charge in [-0.25, -0.2) is 15.0 Å². The van der Waals surface area contributed by atoms with E-state index in [0.717, 1.165) is 25.1 Å². The SMILES string of the molecule is COC(C)(C)C(=O)N1CCCC(c2cnc(Nc3ncccn3)cn2)C1. The first-order valence-electron chi connectivity index (χ1n) is 8.70. The van der Waals surface area contributed by atoms with E-state index in [4.69, 9.17) is 4.74 Å². The second kappa shape index (κ2) is 7.74. The van der Waals surface area contributed by atoms with Gasteiger partial charge in [0.25, 0.3) is 5.91 Å². The van der Waals surface area contributed by atoms with E-state index in [-0.39, 0.29) is 11.8 Å². The maximum Gasteiger partial charge on any atom is 0.254 e. The molecule has 26 heavy (non-hydrogen) atoms. The zero-order valence-electron chi connectivity index (χ0n) is 15.3. The first kappa shape index (κ1) is 18.2. The summed E-state index contributed by atoms with van der Waals surface area (Å²) in [5, 5.41) is 3.01. The molecule has 3 rings (SSSR count). The Morgan fingerprint density at radius 1 is 1.23 bits per heavy atom. The smallest absolute Gasteiger partial charge is 0.254 e. The van der Waals surface area contributed by atoms with Crippen LogP contribution in [0.1, 0.15) is 38.3 Å². The molecule has 1 aliphatic heterocycles. The van der Waals surface area contributed by atoms with Gasteiger partial charge in [0.2, 0.25) is 5.95 Å². The van der Waals surface area contributed by atoms with Crippen LogP contribution in [0.15, 0.2) is 30.9 Å². The fraction of sp³-hybridized carbons (Fsp3) is 0.500. The van der Waals surface area contributed by atoms with Gasteiger partial charge >= 0.3 is 0 Å². The number of anilines is 2. The Kier molecular flexibility index (Phi) is 5.41. The molecule has 1 unspecified atom stereocenters. The summed E-state index contributed by atoms with van der Waals surface area (Å²) in [4.78, 5) is 31.6. The number of amides is 1. The molecule has 3 heterocycles. The summed E-state index contributed by atoms with van der Waals surface area (Å²) in [6.07, 6.45) is 8.67. The van der Waals surface area contributed by atoms with E-state index in [9.17, 15) is 4.79 Å². The number of hydrogen-bond acceptors (Lipinski definition) is 7. The van der Waals surface area contributed by atoms with Crippen molar-refractivity contribution in [1.29, 1.82) is 0 Å². The van der Waals surface area contributed by atoms with Gasteiger partial charge in [-0.05, 0) is 32.8 Å². The van der Waals surface area contributed by atoms with Crippen LogP contribution in [-0.4, -0.2) is 56.5 Å². The van der Waals surface area contributed by atoms with E-state index in [1.807, 2.05) is 4.90 Å². The third-order valence-corrected chi connectivity index (χ3v) is 4.63. The predicted octanol–water partition coefficient (Wildman–Crippen LogP) is 2.14. The fourth-order valence-electron chi connectivity index (χ4n) is 2.96. The standard InChI is InChI=1S/C18H24N6O2/c1-18(2,26-3)16(25)24-9-4-6-13(12-24)14-10-22-15(11-21-14)23-17-19-7-5-8-20-17/h5,7-8,10-11,13H,4,6,9,12H2,1-3H3,(H,19,20,22,23). The van der Waals surface area contributed by atoms with E-state index >= 15 is 0 Å². The van der Waals surface area contributed by atoms with Crippen LogP contribution in [0.2, 0.25) is 0 Å². The first-order chi connectivity index (χ1) is 12.5. The lowest BCUT2D eigenvalue weighted by molar-refractivity contribution is -0.152. The van der Waals surface area contributed by atoms with Gasteiger partial charge in [-0.1, -0.05) is 0 Å². The number of hydrogen-bond donors (Lipinski definition) is 1. The van der Waals surface area contributed by atoms with Gasteiger partial charge < -0.3 is 15.0 Å². The Balaban J connectivity index is 1.66. The van der Waals surface area contributed by atoms with E-state index in [1.54, 1.807) is 51.8 Å². The zero-order chi connectivity index (χ0) is 18.6. The van der Waals surface area contributed by atoms with E-state index in [2.05, 4.69) is 25.3 Å². The highest BCUT2D eigenvalue weighted by atomic mass is 16.5. The molecular weight excluding hydrogens is 332 g/mol. The Morgan fingerprint density at radius 2 is 2.00 bits per heavy atom. The van der Waals surface area contributed by atoms with Crippen LogP contribution in [-0.2, 0) is 9.53 Å². The highest BCUT2D eigenvalue weighted by Gasteiger charge is 2.35. The van der Waals surface area contributed by atoms with Gasteiger partial charge in [-0.2, -0.15) is 0 Å². The molecule has 1 fully saturated rings. The molecule has 0 aromatic carbocycles. The molecule has 0 aliphatic carbocycles. The van der Waals surface area contributed by atoms with Crippen molar-refractivity contribution in [3.8, 4) is 0 Å². The van der Waals surface area contributed by atoms with Gasteiger partial charge in [0.05, 0.1) is 18.1 Å². The number of likely N-dealkylation sites (tertiary alicyclic amines) is 1. The molecule has 1 saturated heterocycles. The number of nitrogens with zero attached hydrogens (tertiary/aromatic N) is 5. The van der Waals surface area contributed by atoms with Crippen molar-refractivity contribution >= 4 is 17.7 Å². The average molecular weight is 356 g/mol. The number of carbonyl (C=O) groups excluding carboxylic acids is 1. The van der Waals surface area contributed by atoms with E-state index < -0.39 is 5.60 Å². The molecule has 0 saturated carbocycles. The summed E-state index contributed by atoms with van der Waals surface area (Å²) in [7, 11) is 1.56. The number of aromatic nitrogens is 4. The van der Waals surface area contributed by atoms with Gasteiger partial charge in [0, 0.05) is 38.5 Å². The first-order valence-corrected chi connectivity index (χ1v) is 8.70. The third kappa shape index (κ3) is 4.13. The number of piperidine rings is 1. The minimum atomic E-state index is -0.809. The van der Waals surface area contributed by atoms with Gasteiger partial charge in [-0.15, -0.1) is 0 Å². The summed E-state index contributed by atoms with van der Waals surface area (Å²) < 4.78 is 5.33. The minimum Gasteiger partial charge on any atom is -0.369 e. The average Bonchev–Trinajstić information content (AvgIpc) is 2.69. The molecular formula is C18H24N6O2. The van der Waals surface area contributed by atoms with Crippen LogP contribution in [0.5, 0.6) is 0 Å². The molecule has 1 N–H and O–H groups in total.